The molecule has 4 rings (SSSR count). The number of rotatable bonds is 6. The molecule has 4 heterocycles. The van der Waals surface area contributed by atoms with Gasteiger partial charge in [-0.1, -0.05) is 6.58 Å². The van der Waals surface area contributed by atoms with Crippen LogP contribution in [0.3, 0.4) is 0 Å². The summed E-state index contributed by atoms with van der Waals surface area (Å²) in [7, 11) is 0. The normalized spacial score (nSPS) is 11.3. The summed E-state index contributed by atoms with van der Waals surface area (Å²) in [5, 5.41) is 14.9. The van der Waals surface area contributed by atoms with E-state index in [1.54, 1.807) is 37.1 Å². The Hall–Kier alpha value is -4.41. The first kappa shape index (κ1) is 26.2. The molecule has 0 aliphatic carbocycles. The maximum Gasteiger partial charge on any atom is 0.170 e. The molecule has 0 saturated carbocycles. The van der Waals surface area contributed by atoms with Crippen molar-refractivity contribution >= 4 is 35.6 Å². The third-order valence-corrected chi connectivity index (χ3v) is 4.70. The van der Waals surface area contributed by atoms with E-state index in [-0.39, 0.29) is 11.1 Å². The van der Waals surface area contributed by atoms with Crippen molar-refractivity contribution in [3.05, 3.63) is 67.3 Å². The first-order valence-electron chi connectivity index (χ1n) is 11.4. The van der Waals surface area contributed by atoms with E-state index in [1.165, 1.54) is 6.20 Å². The summed E-state index contributed by atoms with van der Waals surface area (Å²) in [6.45, 7) is 16.1. The van der Waals surface area contributed by atoms with Gasteiger partial charge in [0.2, 0.25) is 0 Å². The van der Waals surface area contributed by atoms with Gasteiger partial charge in [0.1, 0.15) is 17.3 Å². The quantitative estimate of drug-likeness (QED) is 0.368. The van der Waals surface area contributed by atoms with E-state index in [0.29, 0.717) is 23.6 Å². The van der Waals surface area contributed by atoms with Gasteiger partial charge in [0, 0.05) is 12.1 Å². The zero-order valence-electron chi connectivity index (χ0n) is 21.5. The second-order valence-electron chi connectivity index (χ2n) is 9.83. The molecule has 0 spiro atoms. The third kappa shape index (κ3) is 6.81. The fraction of sp³-hybridized carbons (Fsp3) is 0.320. The SMILES string of the molecule is C=Cc1cncc(Nc2ccnn2C(C)(C)C)n1.CC(C)(C)n1nccc1Nc1cncc(C=O)n1. The maximum absolute atomic E-state index is 10.6. The highest BCUT2D eigenvalue weighted by Crippen LogP contribution is 2.22. The Balaban J connectivity index is 0.000000201. The van der Waals surface area contributed by atoms with Crippen LogP contribution in [0.4, 0.5) is 23.3 Å². The lowest BCUT2D eigenvalue weighted by Gasteiger charge is -2.22. The van der Waals surface area contributed by atoms with Crippen molar-refractivity contribution in [2.24, 2.45) is 0 Å². The van der Waals surface area contributed by atoms with E-state index in [9.17, 15) is 4.79 Å². The molecule has 0 radical (unpaired) electrons. The summed E-state index contributed by atoms with van der Waals surface area (Å²) in [4.78, 5) is 27.1. The van der Waals surface area contributed by atoms with Gasteiger partial charge in [-0.2, -0.15) is 10.2 Å². The molecule has 0 saturated heterocycles. The van der Waals surface area contributed by atoms with Crippen LogP contribution in [-0.2, 0) is 11.1 Å². The Morgan fingerprint density at radius 1 is 0.750 bits per heavy atom. The van der Waals surface area contributed by atoms with Gasteiger partial charge in [0.15, 0.2) is 17.9 Å². The second kappa shape index (κ2) is 10.9. The van der Waals surface area contributed by atoms with E-state index in [4.69, 9.17) is 0 Å². The predicted octanol–water partition coefficient (Wildman–Crippen LogP) is 4.80. The van der Waals surface area contributed by atoms with Gasteiger partial charge in [-0.05, 0) is 47.6 Å². The van der Waals surface area contributed by atoms with Crippen LogP contribution in [0.2, 0.25) is 0 Å². The minimum absolute atomic E-state index is 0.0880. The number of anilines is 4. The number of aldehydes is 1. The van der Waals surface area contributed by atoms with E-state index in [2.05, 4.69) is 88.9 Å². The minimum Gasteiger partial charge on any atom is -0.324 e. The van der Waals surface area contributed by atoms with Gasteiger partial charge in [0.05, 0.1) is 54.0 Å². The first-order chi connectivity index (χ1) is 17.0. The molecule has 4 aromatic heterocycles. The first-order valence-corrected chi connectivity index (χ1v) is 11.4. The molecule has 188 valence electrons. The molecule has 0 amide bonds. The van der Waals surface area contributed by atoms with E-state index in [1.807, 2.05) is 21.5 Å². The highest BCUT2D eigenvalue weighted by molar-refractivity contribution is 5.72. The number of hydrogen-bond acceptors (Lipinski definition) is 9. The Labute approximate surface area is 210 Å². The summed E-state index contributed by atoms with van der Waals surface area (Å²) in [5.74, 6) is 2.89. The van der Waals surface area contributed by atoms with E-state index < -0.39 is 0 Å². The van der Waals surface area contributed by atoms with Gasteiger partial charge in [-0.15, -0.1) is 0 Å². The molecule has 4 aromatic rings. The highest BCUT2D eigenvalue weighted by Gasteiger charge is 2.18. The lowest BCUT2D eigenvalue weighted by molar-refractivity contribution is 0.111. The highest BCUT2D eigenvalue weighted by atomic mass is 16.1. The number of carbonyl (C=O) groups excluding carboxylic acids is 1. The number of nitrogens with zero attached hydrogens (tertiary/aromatic N) is 8. The summed E-state index contributed by atoms with van der Waals surface area (Å²) in [6, 6.07) is 3.76. The van der Waals surface area contributed by atoms with Crippen molar-refractivity contribution < 1.29 is 4.79 Å². The Kier molecular flexibility index (Phi) is 7.93. The maximum atomic E-state index is 10.6. The third-order valence-electron chi connectivity index (χ3n) is 4.70. The molecule has 0 fully saturated rings. The predicted molar refractivity (Wildman–Crippen MR) is 141 cm³/mol. The molecule has 0 aliphatic rings. The molecule has 11 heteroatoms. The number of nitrogens with one attached hydrogen (secondary N) is 2. The molecule has 11 nitrogen and oxygen atoms in total. The largest absolute Gasteiger partial charge is 0.324 e. The molecule has 36 heavy (non-hydrogen) atoms. The Morgan fingerprint density at radius 3 is 1.61 bits per heavy atom. The average molecular weight is 489 g/mol. The van der Waals surface area contributed by atoms with Gasteiger partial charge >= 0.3 is 0 Å². The van der Waals surface area contributed by atoms with Gasteiger partial charge in [-0.3, -0.25) is 14.8 Å². The lowest BCUT2D eigenvalue weighted by Crippen LogP contribution is -2.24. The average Bonchev–Trinajstić information content (AvgIpc) is 3.49. The fourth-order valence-corrected chi connectivity index (χ4v) is 3.17. The van der Waals surface area contributed by atoms with Crippen LogP contribution in [0.5, 0.6) is 0 Å². The molecule has 0 unspecified atom stereocenters. The summed E-state index contributed by atoms with van der Waals surface area (Å²) in [5.41, 5.74) is 0.806. The van der Waals surface area contributed by atoms with Crippen molar-refractivity contribution in [1.29, 1.82) is 0 Å². The van der Waals surface area contributed by atoms with Gasteiger partial charge in [0.25, 0.3) is 0 Å². The number of hydrogen-bond donors (Lipinski definition) is 2. The lowest BCUT2D eigenvalue weighted by atomic mass is 10.1. The minimum atomic E-state index is -0.137. The molecule has 0 atom stereocenters. The molecule has 0 aliphatic heterocycles. The van der Waals surface area contributed by atoms with Crippen LogP contribution in [0.15, 0.2) is 55.9 Å². The zero-order valence-corrected chi connectivity index (χ0v) is 21.5. The fourth-order valence-electron chi connectivity index (χ4n) is 3.17. The van der Waals surface area contributed by atoms with Crippen LogP contribution in [0, 0.1) is 0 Å². The Morgan fingerprint density at radius 2 is 1.19 bits per heavy atom. The number of carbonyl (C=O) groups is 1. The van der Waals surface area contributed by atoms with Crippen molar-refractivity contribution in [3.63, 3.8) is 0 Å². The van der Waals surface area contributed by atoms with Crippen molar-refractivity contribution in [2.45, 2.75) is 52.6 Å². The van der Waals surface area contributed by atoms with Crippen molar-refractivity contribution in [1.82, 2.24) is 39.5 Å². The van der Waals surface area contributed by atoms with Crippen LogP contribution >= 0.6 is 0 Å². The Bertz CT molecular complexity index is 1210. The standard InChI is InChI=1S/C13H17N5.C12H15N5O/c1-5-10-8-14-9-11(16-10)17-12-6-7-15-18(12)13(2,3)4;1-12(2,3)17-11(4-5-14-17)16-10-7-13-6-9(8-18)15-10/h5-9H,1H2,2-4H3,(H,16,17);4-8H,1-3H3,(H,15,16). The summed E-state index contributed by atoms with van der Waals surface area (Å²) >= 11 is 0. The monoisotopic (exact) mass is 488 g/mol. The summed E-state index contributed by atoms with van der Waals surface area (Å²) in [6.07, 6.45) is 12.1. The van der Waals surface area contributed by atoms with E-state index in [0.717, 1.165) is 17.3 Å². The molecule has 0 bridgehead atoms. The second-order valence-corrected chi connectivity index (χ2v) is 9.83. The van der Waals surface area contributed by atoms with Crippen molar-refractivity contribution in [3.8, 4) is 0 Å². The zero-order chi connectivity index (χ0) is 26.3. The topological polar surface area (TPSA) is 128 Å². The van der Waals surface area contributed by atoms with Crippen LogP contribution < -0.4 is 10.6 Å². The summed E-state index contributed by atoms with van der Waals surface area (Å²) < 4.78 is 3.76. The van der Waals surface area contributed by atoms with Crippen LogP contribution in [-0.4, -0.2) is 45.8 Å². The molecular weight excluding hydrogens is 456 g/mol. The van der Waals surface area contributed by atoms with Crippen LogP contribution in [0.25, 0.3) is 6.08 Å². The number of aromatic nitrogens is 8. The molecule has 0 aromatic carbocycles. The van der Waals surface area contributed by atoms with E-state index >= 15 is 0 Å². The smallest absolute Gasteiger partial charge is 0.170 e. The molecule has 2 N–H and O–H groups in total. The van der Waals surface area contributed by atoms with Crippen LogP contribution in [0.1, 0.15) is 57.7 Å². The van der Waals surface area contributed by atoms with Gasteiger partial charge < -0.3 is 10.6 Å². The van der Waals surface area contributed by atoms with Crippen molar-refractivity contribution in [2.75, 3.05) is 10.6 Å². The molecular formula is C25H32N10O. The van der Waals surface area contributed by atoms with Gasteiger partial charge in [-0.25, -0.2) is 19.3 Å².